The van der Waals surface area contributed by atoms with Crippen LogP contribution in [0.15, 0.2) is 71.8 Å². The first-order chi connectivity index (χ1) is 14.5. The van der Waals surface area contributed by atoms with Gasteiger partial charge in [-0.05, 0) is 55.3 Å². The molecule has 0 radical (unpaired) electrons. The number of hydrogen-bond donors (Lipinski definition) is 3. The molecule has 0 saturated heterocycles. The van der Waals surface area contributed by atoms with Crippen molar-refractivity contribution in [2.75, 3.05) is 10.6 Å². The highest BCUT2D eigenvalue weighted by atomic mass is 35.5. The van der Waals surface area contributed by atoms with Gasteiger partial charge in [0.25, 0.3) is 0 Å². The number of nitrogens with zero attached hydrogens (tertiary/aromatic N) is 1. The molecular weight excluding hydrogens is 396 g/mol. The third-order valence-electron chi connectivity index (χ3n) is 5.16. The molecule has 2 amide bonds. The summed E-state index contributed by atoms with van der Waals surface area (Å²) in [6, 6.07) is 21.1. The van der Waals surface area contributed by atoms with E-state index in [1.54, 1.807) is 24.3 Å². The van der Waals surface area contributed by atoms with Gasteiger partial charge in [-0.3, -0.25) is 0 Å². The number of carbonyl (C=O) groups is 1. The van der Waals surface area contributed by atoms with Crippen LogP contribution < -0.4 is 16.1 Å². The Balaban J connectivity index is 1.56. The highest BCUT2D eigenvalue weighted by molar-refractivity contribution is 6.30. The lowest BCUT2D eigenvalue weighted by molar-refractivity contribution is 0.252. The number of fused-ring (bicyclic) bond motifs is 1. The molecule has 0 fully saturated rings. The van der Waals surface area contributed by atoms with E-state index >= 15 is 0 Å². The summed E-state index contributed by atoms with van der Waals surface area (Å²) in [6.07, 6.45) is 0.669. The van der Waals surface area contributed by atoms with Gasteiger partial charge in [0.2, 0.25) is 0 Å². The van der Waals surface area contributed by atoms with Gasteiger partial charge in [0.1, 0.15) is 0 Å². The smallest absolute Gasteiger partial charge is 0.339 e. The maximum Gasteiger partial charge on any atom is 0.339 e. The van der Waals surface area contributed by atoms with Crippen LogP contribution in [0, 0.1) is 13.8 Å². The van der Waals surface area contributed by atoms with Crippen molar-refractivity contribution in [2.24, 2.45) is 5.10 Å². The summed E-state index contributed by atoms with van der Waals surface area (Å²) in [6.45, 7) is 4.22. The Morgan fingerprint density at radius 2 is 1.83 bits per heavy atom. The van der Waals surface area contributed by atoms with Gasteiger partial charge in [-0.15, -0.1) is 0 Å². The topological polar surface area (TPSA) is 65.5 Å². The van der Waals surface area contributed by atoms with E-state index in [9.17, 15) is 4.79 Å². The Labute approximate surface area is 181 Å². The van der Waals surface area contributed by atoms with Crippen LogP contribution in [0.2, 0.25) is 5.02 Å². The summed E-state index contributed by atoms with van der Waals surface area (Å²) < 4.78 is 0. The van der Waals surface area contributed by atoms with Gasteiger partial charge in [0.05, 0.1) is 11.8 Å². The number of carbonyl (C=O) groups excluding carboxylic acids is 1. The second-order valence-electron chi connectivity index (χ2n) is 7.44. The van der Waals surface area contributed by atoms with Crippen molar-refractivity contribution in [3.05, 3.63) is 94.0 Å². The van der Waals surface area contributed by atoms with Crippen molar-refractivity contribution in [1.82, 2.24) is 5.43 Å². The first kappa shape index (κ1) is 20.0. The molecule has 1 heterocycles. The lowest BCUT2D eigenvalue weighted by Gasteiger charge is -2.29. The van der Waals surface area contributed by atoms with Crippen molar-refractivity contribution >= 4 is 34.7 Å². The molecule has 1 aliphatic rings. The second-order valence-corrected chi connectivity index (χ2v) is 7.87. The van der Waals surface area contributed by atoms with Gasteiger partial charge in [0, 0.05) is 28.4 Å². The molecule has 30 heavy (non-hydrogen) atoms. The fourth-order valence-corrected chi connectivity index (χ4v) is 3.85. The normalized spacial score (nSPS) is 16.5. The van der Waals surface area contributed by atoms with Crippen LogP contribution >= 0.6 is 11.6 Å². The number of para-hydroxylation sites is 1. The summed E-state index contributed by atoms with van der Waals surface area (Å²) in [5, 5.41) is 11.4. The average Bonchev–Trinajstić information content (AvgIpc) is 2.73. The number of hydrogen-bond acceptors (Lipinski definition) is 3. The summed E-state index contributed by atoms with van der Waals surface area (Å²) in [7, 11) is 0. The van der Waals surface area contributed by atoms with Crippen molar-refractivity contribution in [2.45, 2.75) is 26.3 Å². The zero-order valence-corrected chi connectivity index (χ0v) is 17.6. The Morgan fingerprint density at radius 1 is 1.07 bits per heavy atom. The number of rotatable bonds is 3. The number of aryl methyl sites for hydroxylation is 2. The van der Waals surface area contributed by atoms with E-state index in [-0.39, 0.29) is 6.04 Å². The molecule has 1 atom stereocenters. The number of amides is 2. The summed E-state index contributed by atoms with van der Waals surface area (Å²) in [4.78, 5) is 12.3. The van der Waals surface area contributed by atoms with Crippen molar-refractivity contribution in [1.29, 1.82) is 0 Å². The number of hydrazone groups is 1. The minimum atomic E-state index is -0.399. The number of halogens is 1. The molecule has 0 saturated carbocycles. The summed E-state index contributed by atoms with van der Waals surface area (Å²) in [5.41, 5.74) is 9.81. The van der Waals surface area contributed by atoms with Gasteiger partial charge < -0.3 is 10.6 Å². The van der Waals surface area contributed by atoms with Gasteiger partial charge >= 0.3 is 6.03 Å². The molecule has 1 aliphatic heterocycles. The molecular formula is C24H23ClN4O. The van der Waals surface area contributed by atoms with Crippen LogP contribution in [0.3, 0.4) is 0 Å². The molecule has 0 aliphatic carbocycles. The SMILES string of the molecule is Cc1ccc(C2CC(=NNC(=O)Nc3ccc(Cl)cc3)c3ccccc3N2)c(C)c1. The van der Waals surface area contributed by atoms with Crippen molar-refractivity contribution < 1.29 is 4.79 Å². The first-order valence-corrected chi connectivity index (χ1v) is 10.2. The predicted molar refractivity (Wildman–Crippen MR) is 123 cm³/mol. The summed E-state index contributed by atoms with van der Waals surface area (Å²) in [5.74, 6) is 0. The predicted octanol–water partition coefficient (Wildman–Crippen LogP) is 6.04. The molecule has 4 rings (SSSR count). The van der Waals surface area contributed by atoms with Gasteiger partial charge in [-0.25, -0.2) is 10.2 Å². The molecule has 152 valence electrons. The van der Waals surface area contributed by atoms with E-state index in [2.05, 4.69) is 53.2 Å². The van der Waals surface area contributed by atoms with E-state index in [0.717, 1.165) is 17.0 Å². The Kier molecular flexibility index (Phi) is 5.72. The number of benzene rings is 3. The molecule has 0 bridgehead atoms. The molecule has 0 spiro atoms. The number of urea groups is 1. The lowest BCUT2D eigenvalue weighted by atomic mass is 9.89. The highest BCUT2D eigenvalue weighted by Gasteiger charge is 2.25. The number of nitrogens with one attached hydrogen (secondary N) is 3. The minimum absolute atomic E-state index is 0.0837. The van der Waals surface area contributed by atoms with Crippen LogP contribution in [0.1, 0.15) is 34.7 Å². The van der Waals surface area contributed by atoms with Gasteiger partial charge in [0.15, 0.2) is 0 Å². The zero-order chi connectivity index (χ0) is 21.1. The molecule has 3 aromatic carbocycles. The molecule has 6 heteroatoms. The molecule has 5 nitrogen and oxygen atoms in total. The van der Waals surface area contributed by atoms with E-state index in [0.29, 0.717) is 17.1 Å². The van der Waals surface area contributed by atoms with Crippen molar-refractivity contribution in [3.63, 3.8) is 0 Å². The Hall–Kier alpha value is -3.31. The maximum atomic E-state index is 12.3. The van der Waals surface area contributed by atoms with Crippen LogP contribution in [-0.2, 0) is 0 Å². The Morgan fingerprint density at radius 3 is 2.60 bits per heavy atom. The van der Waals surface area contributed by atoms with E-state index in [4.69, 9.17) is 11.6 Å². The largest absolute Gasteiger partial charge is 0.377 e. The van der Waals surface area contributed by atoms with Crippen molar-refractivity contribution in [3.8, 4) is 0 Å². The van der Waals surface area contributed by atoms with E-state index in [1.807, 2.05) is 24.3 Å². The fraction of sp³-hybridized carbons (Fsp3) is 0.167. The quantitative estimate of drug-likeness (QED) is 0.454. The fourth-order valence-electron chi connectivity index (χ4n) is 3.72. The minimum Gasteiger partial charge on any atom is -0.377 e. The van der Waals surface area contributed by atoms with Crippen LogP contribution in [-0.4, -0.2) is 11.7 Å². The third kappa shape index (κ3) is 4.47. The lowest BCUT2D eigenvalue weighted by Crippen LogP contribution is -2.29. The molecule has 0 aromatic heterocycles. The monoisotopic (exact) mass is 418 g/mol. The van der Waals surface area contributed by atoms with E-state index in [1.165, 1.54) is 16.7 Å². The average molecular weight is 419 g/mol. The Bertz CT molecular complexity index is 1110. The standard InChI is InChI=1S/C24H23ClN4O/c1-15-7-12-19(16(2)13-15)22-14-23(20-5-3-4-6-21(20)27-22)28-29-24(30)26-18-10-8-17(25)9-11-18/h3-13,22,27H,14H2,1-2H3,(H2,26,29,30). The zero-order valence-electron chi connectivity index (χ0n) is 16.9. The molecule has 1 unspecified atom stereocenters. The second kappa shape index (κ2) is 8.59. The summed E-state index contributed by atoms with van der Waals surface area (Å²) >= 11 is 5.89. The van der Waals surface area contributed by atoms with E-state index < -0.39 is 6.03 Å². The van der Waals surface area contributed by atoms with Gasteiger partial charge in [-0.2, -0.15) is 5.10 Å². The molecule has 3 N–H and O–H groups in total. The van der Waals surface area contributed by atoms with Crippen LogP contribution in [0.4, 0.5) is 16.2 Å². The highest BCUT2D eigenvalue weighted by Crippen LogP contribution is 2.34. The van der Waals surface area contributed by atoms with Crippen LogP contribution in [0.5, 0.6) is 0 Å². The number of anilines is 2. The molecule has 3 aromatic rings. The first-order valence-electron chi connectivity index (χ1n) is 9.82. The van der Waals surface area contributed by atoms with Gasteiger partial charge in [-0.1, -0.05) is 53.6 Å². The maximum absolute atomic E-state index is 12.3. The van der Waals surface area contributed by atoms with Crippen LogP contribution in [0.25, 0.3) is 0 Å². The third-order valence-corrected chi connectivity index (χ3v) is 5.41.